The van der Waals surface area contributed by atoms with Crippen molar-refractivity contribution < 1.29 is 0 Å². The Hall–Kier alpha value is -1.61. The van der Waals surface area contributed by atoms with E-state index in [0.717, 1.165) is 41.4 Å². The molecule has 1 N–H and O–H groups in total. The van der Waals surface area contributed by atoms with Crippen LogP contribution in [0.4, 0.5) is 0 Å². The molecular formula is C28H41N3. The third kappa shape index (κ3) is 5.08. The molecule has 1 heterocycles. The Labute approximate surface area is 188 Å². The number of hydrogen-bond acceptors (Lipinski definition) is 2. The van der Waals surface area contributed by atoms with Crippen molar-refractivity contribution in [3.05, 3.63) is 41.2 Å². The van der Waals surface area contributed by atoms with Gasteiger partial charge in [0, 0.05) is 26.1 Å². The lowest BCUT2D eigenvalue weighted by molar-refractivity contribution is 0.153. The number of fused-ring (bicyclic) bond motifs is 1. The second-order valence-electron chi connectivity index (χ2n) is 11.4. The van der Waals surface area contributed by atoms with Gasteiger partial charge in [-0.05, 0) is 93.1 Å². The number of imidazole rings is 1. The van der Waals surface area contributed by atoms with Gasteiger partial charge >= 0.3 is 0 Å². The predicted molar refractivity (Wildman–Crippen MR) is 130 cm³/mol. The summed E-state index contributed by atoms with van der Waals surface area (Å²) in [6.07, 6.45) is 10.9. The molecular weight excluding hydrogens is 378 g/mol. The summed E-state index contributed by atoms with van der Waals surface area (Å²) >= 11 is 0. The minimum absolute atomic E-state index is 0.616. The first-order chi connectivity index (χ1) is 15.0. The number of para-hydroxylation sites is 1. The Morgan fingerprint density at radius 1 is 1.03 bits per heavy atom. The highest BCUT2D eigenvalue weighted by Gasteiger charge is 2.35. The van der Waals surface area contributed by atoms with Gasteiger partial charge < -0.3 is 9.88 Å². The molecule has 3 unspecified atom stereocenters. The summed E-state index contributed by atoms with van der Waals surface area (Å²) in [5, 5.41) is 0. The summed E-state index contributed by atoms with van der Waals surface area (Å²) in [6.45, 7) is 13.4. The fraction of sp³-hybridized carbons (Fsp3) is 0.679. The molecule has 31 heavy (non-hydrogen) atoms. The van der Waals surface area contributed by atoms with Crippen LogP contribution in [0.2, 0.25) is 0 Å². The summed E-state index contributed by atoms with van der Waals surface area (Å²) in [6, 6.07) is 6.44. The summed E-state index contributed by atoms with van der Waals surface area (Å²) in [7, 11) is 0. The van der Waals surface area contributed by atoms with Gasteiger partial charge in [0.15, 0.2) is 0 Å². The minimum atomic E-state index is 0.616. The third-order valence-corrected chi connectivity index (χ3v) is 8.18. The highest BCUT2D eigenvalue weighted by molar-refractivity contribution is 5.78. The quantitative estimate of drug-likeness (QED) is 0.478. The molecule has 0 aliphatic heterocycles. The lowest BCUT2D eigenvalue weighted by Gasteiger charge is -2.39. The molecule has 0 amide bonds. The molecule has 5 rings (SSSR count). The van der Waals surface area contributed by atoms with E-state index in [9.17, 15) is 0 Å². The Morgan fingerprint density at radius 2 is 1.74 bits per heavy atom. The molecule has 1 aromatic heterocycles. The van der Waals surface area contributed by atoms with Crippen LogP contribution >= 0.6 is 0 Å². The standard InChI is InChI=1S/C28H41N3/c1-18(2)25-13-23(14-27-29-26-7-5-6-19(3)28(26)30-27)20(4)12-24(25)17-31(15-21-8-9-21)16-22-10-11-22/h5-7,12,18,21-25H,8-11,13-17H2,1-4H3,(H,29,30). The van der Waals surface area contributed by atoms with Crippen LogP contribution in [0.15, 0.2) is 29.8 Å². The number of aromatic amines is 1. The molecule has 3 atom stereocenters. The Morgan fingerprint density at radius 3 is 2.35 bits per heavy atom. The van der Waals surface area contributed by atoms with Gasteiger partial charge in [-0.1, -0.05) is 37.6 Å². The van der Waals surface area contributed by atoms with Crippen molar-refractivity contribution in [2.75, 3.05) is 19.6 Å². The van der Waals surface area contributed by atoms with Crippen molar-refractivity contribution in [3.63, 3.8) is 0 Å². The third-order valence-electron chi connectivity index (χ3n) is 8.18. The van der Waals surface area contributed by atoms with Gasteiger partial charge in [-0.25, -0.2) is 4.98 Å². The maximum Gasteiger partial charge on any atom is 0.107 e. The van der Waals surface area contributed by atoms with E-state index in [1.54, 1.807) is 5.57 Å². The van der Waals surface area contributed by atoms with Crippen LogP contribution in [0.5, 0.6) is 0 Å². The molecule has 1 aromatic carbocycles. The molecule has 168 valence electrons. The number of H-pyrrole nitrogens is 1. The molecule has 2 saturated carbocycles. The lowest BCUT2D eigenvalue weighted by Crippen LogP contribution is -2.39. The SMILES string of the molecule is CC1=CC(CN(CC2CC2)CC2CC2)C(C(C)C)CC1Cc1nc2c(C)cccc2[nH]1. The van der Waals surface area contributed by atoms with Gasteiger partial charge in [-0.2, -0.15) is 0 Å². The van der Waals surface area contributed by atoms with Crippen LogP contribution in [0.3, 0.4) is 0 Å². The van der Waals surface area contributed by atoms with Gasteiger partial charge in [0.1, 0.15) is 5.82 Å². The van der Waals surface area contributed by atoms with Crippen LogP contribution in [-0.2, 0) is 6.42 Å². The number of rotatable bonds is 9. The molecule has 3 nitrogen and oxygen atoms in total. The summed E-state index contributed by atoms with van der Waals surface area (Å²) in [4.78, 5) is 11.4. The van der Waals surface area contributed by atoms with Gasteiger partial charge in [0.25, 0.3) is 0 Å². The molecule has 2 aromatic rings. The van der Waals surface area contributed by atoms with E-state index in [2.05, 4.69) is 61.9 Å². The number of hydrogen-bond donors (Lipinski definition) is 1. The van der Waals surface area contributed by atoms with Crippen LogP contribution in [0.1, 0.15) is 64.3 Å². The van der Waals surface area contributed by atoms with E-state index in [-0.39, 0.29) is 0 Å². The average Bonchev–Trinajstić information content (AvgIpc) is 3.64. The first-order valence-electron chi connectivity index (χ1n) is 12.8. The summed E-state index contributed by atoms with van der Waals surface area (Å²) in [5.74, 6) is 5.99. The second kappa shape index (κ2) is 8.73. The molecule has 3 heteroatoms. The average molecular weight is 420 g/mol. The number of allylic oxidation sites excluding steroid dienone is 1. The molecule has 0 bridgehead atoms. The number of nitrogens with zero attached hydrogens (tertiary/aromatic N) is 2. The van der Waals surface area contributed by atoms with Crippen molar-refractivity contribution >= 4 is 11.0 Å². The zero-order valence-electron chi connectivity index (χ0n) is 20.0. The molecule has 2 fully saturated rings. The lowest BCUT2D eigenvalue weighted by atomic mass is 9.69. The van der Waals surface area contributed by atoms with Crippen LogP contribution in [0.25, 0.3) is 11.0 Å². The topological polar surface area (TPSA) is 31.9 Å². The Bertz CT molecular complexity index is 917. The van der Waals surface area contributed by atoms with Gasteiger partial charge in [-0.15, -0.1) is 0 Å². The normalized spacial score (nSPS) is 26.8. The first kappa shape index (κ1) is 21.2. The zero-order valence-corrected chi connectivity index (χ0v) is 20.0. The minimum Gasteiger partial charge on any atom is -0.342 e. The number of aryl methyl sites for hydroxylation is 1. The molecule has 0 spiro atoms. The maximum absolute atomic E-state index is 4.97. The van der Waals surface area contributed by atoms with E-state index in [4.69, 9.17) is 4.98 Å². The number of benzene rings is 1. The van der Waals surface area contributed by atoms with Crippen LogP contribution in [-0.4, -0.2) is 34.5 Å². The van der Waals surface area contributed by atoms with E-state index in [0.29, 0.717) is 11.8 Å². The van der Waals surface area contributed by atoms with Crippen molar-refractivity contribution in [2.45, 2.75) is 66.2 Å². The monoisotopic (exact) mass is 419 g/mol. The summed E-state index contributed by atoms with van der Waals surface area (Å²) in [5.41, 5.74) is 5.19. The second-order valence-corrected chi connectivity index (χ2v) is 11.4. The van der Waals surface area contributed by atoms with Crippen molar-refractivity contribution in [2.24, 2.45) is 35.5 Å². The summed E-state index contributed by atoms with van der Waals surface area (Å²) < 4.78 is 0. The highest BCUT2D eigenvalue weighted by Crippen LogP contribution is 2.41. The fourth-order valence-electron chi connectivity index (χ4n) is 5.90. The molecule has 0 radical (unpaired) electrons. The highest BCUT2D eigenvalue weighted by atomic mass is 15.1. The molecule has 0 saturated heterocycles. The van der Waals surface area contributed by atoms with Gasteiger partial charge in [-0.3, -0.25) is 0 Å². The number of nitrogens with one attached hydrogen (secondary N) is 1. The van der Waals surface area contributed by atoms with E-state index in [1.165, 1.54) is 62.8 Å². The largest absolute Gasteiger partial charge is 0.342 e. The van der Waals surface area contributed by atoms with Crippen molar-refractivity contribution in [1.82, 2.24) is 14.9 Å². The first-order valence-corrected chi connectivity index (χ1v) is 12.8. The van der Waals surface area contributed by atoms with E-state index >= 15 is 0 Å². The van der Waals surface area contributed by atoms with Crippen LogP contribution < -0.4 is 0 Å². The maximum atomic E-state index is 4.97. The van der Waals surface area contributed by atoms with Gasteiger partial charge in [0.05, 0.1) is 11.0 Å². The van der Waals surface area contributed by atoms with E-state index < -0.39 is 0 Å². The predicted octanol–water partition coefficient (Wildman–Crippen LogP) is 6.39. The molecule has 3 aliphatic carbocycles. The molecule has 3 aliphatic rings. The fourth-order valence-corrected chi connectivity index (χ4v) is 5.90. The zero-order chi connectivity index (χ0) is 21.5. The Balaban J connectivity index is 1.31. The van der Waals surface area contributed by atoms with Crippen LogP contribution in [0, 0.1) is 42.4 Å². The Kier molecular flexibility index (Phi) is 5.98. The van der Waals surface area contributed by atoms with Crippen molar-refractivity contribution in [1.29, 1.82) is 0 Å². The smallest absolute Gasteiger partial charge is 0.107 e. The van der Waals surface area contributed by atoms with Crippen molar-refractivity contribution in [3.8, 4) is 0 Å². The number of aromatic nitrogens is 2. The van der Waals surface area contributed by atoms with E-state index in [1.807, 2.05) is 0 Å². The van der Waals surface area contributed by atoms with Gasteiger partial charge in [0.2, 0.25) is 0 Å².